The van der Waals surface area contributed by atoms with Crippen LogP contribution < -0.4 is 0 Å². The lowest BCUT2D eigenvalue weighted by molar-refractivity contribution is -0.145. The molecular formula is C17H20N4O3. The lowest BCUT2D eigenvalue weighted by Crippen LogP contribution is -2.52. The molecule has 2 amide bonds. The first-order chi connectivity index (χ1) is 11.5. The SMILES string of the molecule is Cc1ccc(CN2CCN(C(=O)Cc3nonc3C)CC2=O)cc1. The summed E-state index contributed by atoms with van der Waals surface area (Å²) in [6.07, 6.45) is 0.112. The van der Waals surface area contributed by atoms with Crippen LogP contribution in [0.25, 0.3) is 0 Å². The van der Waals surface area contributed by atoms with Crippen molar-refractivity contribution in [2.24, 2.45) is 0 Å². The maximum Gasteiger partial charge on any atom is 0.242 e. The molecule has 0 radical (unpaired) electrons. The standard InChI is InChI=1S/C17H20N4O3/c1-12-3-5-14(6-4-12)10-20-7-8-21(11-17(20)23)16(22)9-15-13(2)18-24-19-15/h3-6H,7-11H2,1-2H3. The summed E-state index contributed by atoms with van der Waals surface area (Å²) in [5.74, 6) is -0.165. The second kappa shape index (κ2) is 6.82. The zero-order valence-electron chi connectivity index (χ0n) is 13.9. The molecule has 0 unspecified atom stereocenters. The van der Waals surface area contributed by atoms with Crippen LogP contribution in [-0.4, -0.2) is 51.6 Å². The van der Waals surface area contributed by atoms with E-state index in [1.807, 2.05) is 31.2 Å². The second-order valence-electron chi connectivity index (χ2n) is 6.09. The minimum absolute atomic E-state index is 0.0369. The Morgan fingerprint density at radius 2 is 1.92 bits per heavy atom. The fraction of sp³-hybridized carbons (Fsp3) is 0.412. The van der Waals surface area contributed by atoms with Crippen molar-refractivity contribution in [2.45, 2.75) is 26.8 Å². The van der Waals surface area contributed by atoms with Crippen molar-refractivity contribution in [1.82, 2.24) is 20.1 Å². The minimum atomic E-state index is -0.128. The summed E-state index contributed by atoms with van der Waals surface area (Å²) >= 11 is 0. The number of rotatable bonds is 4. The number of nitrogens with zero attached hydrogens (tertiary/aromatic N) is 4. The van der Waals surface area contributed by atoms with Crippen LogP contribution in [0.4, 0.5) is 0 Å². The van der Waals surface area contributed by atoms with E-state index in [2.05, 4.69) is 14.9 Å². The highest BCUT2D eigenvalue weighted by molar-refractivity contribution is 5.86. The molecule has 1 aliphatic rings. The fourth-order valence-electron chi connectivity index (χ4n) is 2.67. The van der Waals surface area contributed by atoms with Crippen molar-refractivity contribution >= 4 is 11.8 Å². The molecule has 0 N–H and O–H groups in total. The number of carbonyl (C=O) groups excluding carboxylic acids is 2. The summed E-state index contributed by atoms with van der Waals surface area (Å²) in [5.41, 5.74) is 3.42. The van der Waals surface area contributed by atoms with Gasteiger partial charge < -0.3 is 9.80 Å². The highest BCUT2D eigenvalue weighted by atomic mass is 16.6. The third-order valence-electron chi connectivity index (χ3n) is 4.23. The molecule has 2 heterocycles. The summed E-state index contributed by atoms with van der Waals surface area (Å²) in [6, 6.07) is 8.13. The van der Waals surface area contributed by atoms with E-state index in [-0.39, 0.29) is 24.8 Å². The largest absolute Gasteiger partial charge is 0.335 e. The van der Waals surface area contributed by atoms with E-state index in [4.69, 9.17) is 0 Å². The number of benzene rings is 1. The number of aryl methyl sites for hydroxylation is 2. The van der Waals surface area contributed by atoms with Gasteiger partial charge in [-0.05, 0) is 19.4 Å². The van der Waals surface area contributed by atoms with Crippen molar-refractivity contribution in [2.75, 3.05) is 19.6 Å². The summed E-state index contributed by atoms with van der Waals surface area (Å²) in [6.45, 7) is 5.52. The average molecular weight is 328 g/mol. The quantitative estimate of drug-likeness (QED) is 0.840. The Morgan fingerprint density at radius 1 is 1.17 bits per heavy atom. The van der Waals surface area contributed by atoms with Crippen LogP contribution in [0.3, 0.4) is 0 Å². The van der Waals surface area contributed by atoms with Gasteiger partial charge in [-0.1, -0.05) is 40.1 Å². The molecule has 2 aromatic rings. The molecule has 1 saturated heterocycles. The van der Waals surface area contributed by atoms with Crippen LogP contribution in [-0.2, 0) is 22.6 Å². The number of hydrogen-bond donors (Lipinski definition) is 0. The number of amides is 2. The van der Waals surface area contributed by atoms with Gasteiger partial charge in [0.25, 0.3) is 0 Å². The molecule has 0 atom stereocenters. The highest BCUT2D eigenvalue weighted by Crippen LogP contribution is 2.12. The first-order valence-corrected chi connectivity index (χ1v) is 7.92. The predicted molar refractivity (Wildman–Crippen MR) is 85.9 cm³/mol. The second-order valence-corrected chi connectivity index (χ2v) is 6.09. The third kappa shape index (κ3) is 3.61. The van der Waals surface area contributed by atoms with E-state index in [9.17, 15) is 9.59 Å². The predicted octanol–water partition coefficient (Wildman–Crippen LogP) is 1.10. The van der Waals surface area contributed by atoms with Gasteiger partial charge in [0.05, 0.1) is 13.0 Å². The van der Waals surface area contributed by atoms with Crippen molar-refractivity contribution in [3.8, 4) is 0 Å². The molecule has 126 valence electrons. The van der Waals surface area contributed by atoms with Crippen LogP contribution in [0.15, 0.2) is 28.9 Å². The van der Waals surface area contributed by atoms with Crippen LogP contribution in [0.5, 0.6) is 0 Å². The molecule has 1 aromatic heterocycles. The molecule has 1 aromatic carbocycles. The topological polar surface area (TPSA) is 79.5 Å². The van der Waals surface area contributed by atoms with E-state index in [1.165, 1.54) is 5.56 Å². The normalized spacial score (nSPS) is 15.0. The molecule has 7 heteroatoms. The third-order valence-corrected chi connectivity index (χ3v) is 4.23. The lowest BCUT2D eigenvalue weighted by atomic mass is 10.1. The maximum atomic E-state index is 12.3. The average Bonchev–Trinajstić information content (AvgIpc) is 2.96. The molecule has 24 heavy (non-hydrogen) atoms. The van der Waals surface area contributed by atoms with Crippen LogP contribution in [0, 0.1) is 13.8 Å². The van der Waals surface area contributed by atoms with E-state index < -0.39 is 0 Å². The van der Waals surface area contributed by atoms with Gasteiger partial charge in [0, 0.05) is 19.6 Å². The van der Waals surface area contributed by atoms with Crippen LogP contribution in [0.1, 0.15) is 22.5 Å². The fourth-order valence-corrected chi connectivity index (χ4v) is 2.67. The van der Waals surface area contributed by atoms with Gasteiger partial charge in [-0.15, -0.1) is 0 Å². The summed E-state index contributed by atoms with van der Waals surface area (Å²) in [4.78, 5) is 28.0. The van der Waals surface area contributed by atoms with Gasteiger partial charge in [0.1, 0.15) is 11.4 Å². The van der Waals surface area contributed by atoms with Gasteiger partial charge in [-0.3, -0.25) is 9.59 Å². The summed E-state index contributed by atoms with van der Waals surface area (Å²) < 4.78 is 4.60. The number of aromatic nitrogens is 2. The lowest BCUT2D eigenvalue weighted by Gasteiger charge is -2.34. The van der Waals surface area contributed by atoms with Crippen LogP contribution >= 0.6 is 0 Å². The Kier molecular flexibility index (Phi) is 4.59. The summed E-state index contributed by atoms with van der Waals surface area (Å²) in [5, 5.41) is 7.38. The van der Waals surface area contributed by atoms with E-state index in [0.717, 1.165) is 5.56 Å². The van der Waals surface area contributed by atoms with E-state index >= 15 is 0 Å². The van der Waals surface area contributed by atoms with Gasteiger partial charge in [-0.2, -0.15) is 0 Å². The van der Waals surface area contributed by atoms with Crippen molar-refractivity contribution in [3.05, 3.63) is 46.8 Å². The van der Waals surface area contributed by atoms with Crippen molar-refractivity contribution < 1.29 is 14.2 Å². The highest BCUT2D eigenvalue weighted by Gasteiger charge is 2.27. The molecule has 3 rings (SSSR count). The van der Waals surface area contributed by atoms with Crippen molar-refractivity contribution in [3.63, 3.8) is 0 Å². The van der Waals surface area contributed by atoms with Gasteiger partial charge >= 0.3 is 0 Å². The van der Waals surface area contributed by atoms with Crippen LogP contribution in [0.2, 0.25) is 0 Å². The molecule has 0 spiro atoms. The number of hydrogen-bond acceptors (Lipinski definition) is 5. The van der Waals surface area contributed by atoms with Gasteiger partial charge in [0.15, 0.2) is 0 Å². The Hall–Kier alpha value is -2.70. The molecule has 0 bridgehead atoms. The monoisotopic (exact) mass is 328 g/mol. The number of piperazine rings is 1. The molecule has 1 fully saturated rings. The van der Waals surface area contributed by atoms with E-state index in [0.29, 0.717) is 31.0 Å². The summed E-state index contributed by atoms with van der Waals surface area (Å²) in [7, 11) is 0. The zero-order chi connectivity index (χ0) is 17.1. The van der Waals surface area contributed by atoms with Gasteiger partial charge in [0.2, 0.25) is 11.8 Å². The Bertz CT molecular complexity index is 739. The number of carbonyl (C=O) groups is 2. The van der Waals surface area contributed by atoms with E-state index in [1.54, 1.807) is 16.7 Å². The van der Waals surface area contributed by atoms with Crippen molar-refractivity contribution in [1.29, 1.82) is 0 Å². The Labute approximate surface area is 140 Å². The maximum absolute atomic E-state index is 12.3. The minimum Gasteiger partial charge on any atom is -0.335 e. The Morgan fingerprint density at radius 3 is 2.54 bits per heavy atom. The molecule has 0 aliphatic carbocycles. The van der Waals surface area contributed by atoms with Gasteiger partial charge in [-0.25, -0.2) is 4.63 Å². The zero-order valence-corrected chi connectivity index (χ0v) is 13.9. The Balaban J connectivity index is 1.56. The molecular weight excluding hydrogens is 308 g/mol. The first-order valence-electron chi connectivity index (χ1n) is 7.92. The molecule has 1 aliphatic heterocycles. The smallest absolute Gasteiger partial charge is 0.242 e. The molecule has 0 saturated carbocycles. The first kappa shape index (κ1) is 16.2. The molecule has 7 nitrogen and oxygen atoms in total.